The summed E-state index contributed by atoms with van der Waals surface area (Å²) in [7, 11) is 3.22. The van der Waals surface area contributed by atoms with Crippen LogP contribution in [-0.4, -0.2) is 39.9 Å². The summed E-state index contributed by atoms with van der Waals surface area (Å²) in [4.78, 5) is 12.5. The van der Waals surface area contributed by atoms with Gasteiger partial charge in [0.1, 0.15) is 0 Å². The first-order valence-electron chi connectivity index (χ1n) is 9.51. The van der Waals surface area contributed by atoms with Gasteiger partial charge in [0.05, 0.1) is 27.4 Å². The van der Waals surface area contributed by atoms with Crippen LogP contribution in [0.2, 0.25) is 0 Å². The number of benzene rings is 2. The molecule has 1 heterocycles. The van der Waals surface area contributed by atoms with Crippen LogP contribution in [0.5, 0.6) is 23.0 Å². The lowest BCUT2D eigenvalue weighted by atomic mass is 10.1. The molecule has 148 valence electrons. The number of rotatable bonds is 6. The van der Waals surface area contributed by atoms with Crippen LogP contribution in [0.25, 0.3) is 0 Å². The van der Waals surface area contributed by atoms with Gasteiger partial charge in [0.2, 0.25) is 0 Å². The first kappa shape index (κ1) is 18.5. The minimum Gasteiger partial charge on any atom is -0.493 e. The van der Waals surface area contributed by atoms with E-state index in [1.54, 1.807) is 26.4 Å². The van der Waals surface area contributed by atoms with E-state index in [9.17, 15) is 4.79 Å². The number of nitrogens with one attached hydrogen (secondary N) is 1. The van der Waals surface area contributed by atoms with Gasteiger partial charge in [-0.2, -0.15) is 0 Å². The summed E-state index contributed by atoms with van der Waals surface area (Å²) in [5.41, 5.74) is 1.81. The minimum atomic E-state index is -0.128. The maximum Gasteiger partial charge on any atom is 0.251 e. The molecule has 4 rings (SSSR count). The number of carbonyl (C=O) groups is 1. The SMILES string of the molecule is COc1ccc(CCNC(=O)c2ccc3c(c2)OCC2(CC2)CO3)cc1OC. The average Bonchev–Trinajstić information content (AvgIpc) is 3.53. The van der Waals surface area contributed by atoms with Gasteiger partial charge < -0.3 is 24.3 Å². The summed E-state index contributed by atoms with van der Waals surface area (Å²) >= 11 is 0. The quantitative estimate of drug-likeness (QED) is 0.830. The topological polar surface area (TPSA) is 66.0 Å². The second-order valence-electron chi connectivity index (χ2n) is 7.43. The molecule has 1 saturated carbocycles. The molecule has 0 unspecified atom stereocenters. The number of hydrogen-bond acceptors (Lipinski definition) is 5. The van der Waals surface area contributed by atoms with Crippen molar-refractivity contribution in [2.45, 2.75) is 19.3 Å². The molecule has 1 spiro atoms. The van der Waals surface area contributed by atoms with E-state index in [0.29, 0.717) is 54.7 Å². The number of amides is 1. The molecule has 6 nitrogen and oxygen atoms in total. The molecule has 0 bridgehead atoms. The molecule has 1 amide bonds. The summed E-state index contributed by atoms with van der Waals surface area (Å²) in [6.07, 6.45) is 2.98. The number of methoxy groups -OCH3 is 2. The summed E-state index contributed by atoms with van der Waals surface area (Å²) in [5, 5.41) is 2.96. The van der Waals surface area contributed by atoms with Gasteiger partial charge in [-0.05, 0) is 55.2 Å². The van der Waals surface area contributed by atoms with Crippen molar-refractivity contribution in [2.75, 3.05) is 34.0 Å². The van der Waals surface area contributed by atoms with Crippen molar-refractivity contribution in [3.8, 4) is 23.0 Å². The van der Waals surface area contributed by atoms with Crippen LogP contribution in [0.4, 0.5) is 0 Å². The van der Waals surface area contributed by atoms with Crippen LogP contribution >= 0.6 is 0 Å². The van der Waals surface area contributed by atoms with Gasteiger partial charge in [-0.25, -0.2) is 0 Å². The largest absolute Gasteiger partial charge is 0.493 e. The first-order chi connectivity index (χ1) is 13.6. The van der Waals surface area contributed by atoms with Crippen molar-refractivity contribution < 1.29 is 23.7 Å². The Labute approximate surface area is 164 Å². The Bertz CT molecular complexity index is 875. The highest BCUT2D eigenvalue weighted by molar-refractivity contribution is 5.94. The van der Waals surface area contributed by atoms with Gasteiger partial charge in [0, 0.05) is 17.5 Å². The molecule has 1 N–H and O–H groups in total. The molecule has 6 heteroatoms. The third kappa shape index (κ3) is 3.86. The van der Waals surface area contributed by atoms with Gasteiger partial charge >= 0.3 is 0 Å². The molecule has 1 aliphatic carbocycles. The van der Waals surface area contributed by atoms with Crippen LogP contribution in [-0.2, 0) is 6.42 Å². The van der Waals surface area contributed by atoms with Crippen molar-refractivity contribution in [2.24, 2.45) is 5.41 Å². The highest BCUT2D eigenvalue weighted by atomic mass is 16.5. The average molecular weight is 383 g/mol. The third-order valence-electron chi connectivity index (χ3n) is 5.38. The van der Waals surface area contributed by atoms with Crippen LogP contribution in [0.3, 0.4) is 0 Å². The van der Waals surface area contributed by atoms with E-state index in [0.717, 1.165) is 18.4 Å². The standard InChI is InChI=1S/C22H25NO5/c1-25-17-5-3-15(11-19(17)26-2)7-10-23-21(24)16-4-6-18-20(12-16)28-14-22(8-9-22)13-27-18/h3-6,11-12H,7-10,13-14H2,1-2H3,(H,23,24). The predicted octanol–water partition coefficient (Wildman–Crippen LogP) is 3.23. The Morgan fingerprint density at radius 1 is 1.00 bits per heavy atom. The molecule has 28 heavy (non-hydrogen) atoms. The monoisotopic (exact) mass is 383 g/mol. The van der Waals surface area contributed by atoms with E-state index >= 15 is 0 Å². The third-order valence-corrected chi connectivity index (χ3v) is 5.38. The smallest absolute Gasteiger partial charge is 0.251 e. The molecule has 0 aromatic heterocycles. The highest BCUT2D eigenvalue weighted by Gasteiger charge is 2.46. The van der Waals surface area contributed by atoms with Gasteiger partial charge in [-0.15, -0.1) is 0 Å². The van der Waals surface area contributed by atoms with E-state index in [2.05, 4.69) is 5.32 Å². The molecular weight excluding hydrogens is 358 g/mol. The second kappa shape index (κ2) is 7.62. The number of ether oxygens (including phenoxy) is 4. The summed E-state index contributed by atoms with van der Waals surface area (Å²) < 4.78 is 22.3. The van der Waals surface area contributed by atoms with Crippen LogP contribution in [0.1, 0.15) is 28.8 Å². The Balaban J connectivity index is 1.35. The van der Waals surface area contributed by atoms with E-state index in [1.807, 2.05) is 24.3 Å². The summed E-state index contributed by atoms with van der Waals surface area (Å²) in [6.45, 7) is 1.87. The second-order valence-corrected chi connectivity index (χ2v) is 7.43. The molecule has 2 aromatic carbocycles. The fourth-order valence-corrected chi connectivity index (χ4v) is 3.31. The fourth-order valence-electron chi connectivity index (χ4n) is 3.31. The van der Waals surface area contributed by atoms with Gasteiger partial charge in [-0.1, -0.05) is 6.07 Å². The van der Waals surface area contributed by atoms with E-state index in [4.69, 9.17) is 18.9 Å². The Morgan fingerprint density at radius 2 is 1.75 bits per heavy atom. The lowest BCUT2D eigenvalue weighted by Crippen LogP contribution is -2.25. The van der Waals surface area contributed by atoms with Gasteiger partial charge in [-0.3, -0.25) is 4.79 Å². The highest BCUT2D eigenvalue weighted by Crippen LogP contribution is 2.49. The first-order valence-corrected chi connectivity index (χ1v) is 9.51. The number of hydrogen-bond donors (Lipinski definition) is 1. The zero-order valence-electron chi connectivity index (χ0n) is 16.2. The van der Waals surface area contributed by atoms with Crippen LogP contribution in [0.15, 0.2) is 36.4 Å². The van der Waals surface area contributed by atoms with E-state index in [1.165, 1.54) is 0 Å². The molecule has 0 radical (unpaired) electrons. The van der Waals surface area contributed by atoms with Crippen molar-refractivity contribution in [3.05, 3.63) is 47.5 Å². The molecule has 2 aromatic rings. The lowest BCUT2D eigenvalue weighted by molar-refractivity contribution is 0.0953. The number of carbonyl (C=O) groups excluding carboxylic acids is 1. The molecule has 1 fully saturated rings. The van der Waals surface area contributed by atoms with Gasteiger partial charge in [0.25, 0.3) is 5.91 Å². The van der Waals surface area contributed by atoms with Gasteiger partial charge in [0.15, 0.2) is 23.0 Å². The van der Waals surface area contributed by atoms with Crippen molar-refractivity contribution >= 4 is 5.91 Å². The minimum absolute atomic E-state index is 0.128. The Kier molecular flexibility index (Phi) is 5.03. The van der Waals surface area contributed by atoms with E-state index < -0.39 is 0 Å². The molecule has 2 aliphatic rings. The van der Waals surface area contributed by atoms with E-state index in [-0.39, 0.29) is 11.3 Å². The van der Waals surface area contributed by atoms with Crippen molar-refractivity contribution in [3.63, 3.8) is 0 Å². The summed E-state index contributed by atoms with van der Waals surface area (Å²) in [6, 6.07) is 11.1. The van der Waals surface area contributed by atoms with Crippen molar-refractivity contribution in [1.29, 1.82) is 0 Å². The fraction of sp³-hybridized carbons (Fsp3) is 0.409. The molecular formula is C22H25NO5. The zero-order chi connectivity index (χ0) is 19.6. The molecule has 1 aliphatic heterocycles. The molecule has 0 atom stereocenters. The van der Waals surface area contributed by atoms with Crippen molar-refractivity contribution in [1.82, 2.24) is 5.32 Å². The maximum absolute atomic E-state index is 12.5. The normalized spacial score (nSPS) is 16.2. The summed E-state index contributed by atoms with van der Waals surface area (Å²) in [5.74, 6) is 2.61. The Morgan fingerprint density at radius 3 is 2.46 bits per heavy atom. The predicted molar refractivity (Wildman–Crippen MR) is 105 cm³/mol. The lowest BCUT2D eigenvalue weighted by Gasteiger charge is -2.11. The number of fused-ring (bicyclic) bond motifs is 1. The Hall–Kier alpha value is -2.89. The van der Waals surface area contributed by atoms with Crippen LogP contribution < -0.4 is 24.3 Å². The zero-order valence-corrected chi connectivity index (χ0v) is 16.2. The maximum atomic E-state index is 12.5. The van der Waals surface area contributed by atoms with Crippen LogP contribution in [0, 0.1) is 5.41 Å². The molecule has 0 saturated heterocycles.